The van der Waals surface area contributed by atoms with Crippen molar-refractivity contribution < 1.29 is 5.11 Å². The lowest BCUT2D eigenvalue weighted by Gasteiger charge is -2.27. The van der Waals surface area contributed by atoms with Crippen LogP contribution in [0.5, 0.6) is 0 Å². The van der Waals surface area contributed by atoms with E-state index >= 15 is 0 Å². The van der Waals surface area contributed by atoms with Crippen molar-refractivity contribution in [1.82, 2.24) is 9.78 Å². The van der Waals surface area contributed by atoms with Crippen molar-refractivity contribution in [3.8, 4) is 0 Å². The van der Waals surface area contributed by atoms with Crippen molar-refractivity contribution in [2.75, 3.05) is 0 Å². The molecule has 1 heterocycles. The van der Waals surface area contributed by atoms with Gasteiger partial charge in [-0.05, 0) is 25.8 Å². The average Bonchev–Trinajstić information content (AvgIpc) is 2.62. The maximum absolute atomic E-state index is 10.7. The van der Waals surface area contributed by atoms with Crippen molar-refractivity contribution in [3.63, 3.8) is 0 Å². The highest BCUT2D eigenvalue weighted by molar-refractivity contribution is 5.12. The first kappa shape index (κ1) is 10.7. The summed E-state index contributed by atoms with van der Waals surface area (Å²) < 4.78 is 1.92. The Morgan fingerprint density at radius 3 is 2.60 bits per heavy atom. The summed E-state index contributed by atoms with van der Waals surface area (Å²) in [5.41, 5.74) is 0.384. The van der Waals surface area contributed by atoms with Crippen LogP contribution in [0.4, 0.5) is 0 Å². The molecule has 1 aliphatic carbocycles. The lowest BCUT2D eigenvalue weighted by atomic mass is 9.91. The second-order valence-corrected chi connectivity index (χ2v) is 4.48. The fraction of sp³-hybridized carbons (Fsp3) is 0.750. The number of aliphatic hydroxyl groups is 1. The summed E-state index contributed by atoms with van der Waals surface area (Å²) in [6.07, 6.45) is 8.33. The van der Waals surface area contributed by atoms with Gasteiger partial charge in [-0.2, -0.15) is 5.10 Å². The summed E-state index contributed by atoms with van der Waals surface area (Å²) in [5, 5.41) is 14.9. The van der Waals surface area contributed by atoms with E-state index in [0.717, 1.165) is 37.9 Å². The summed E-state index contributed by atoms with van der Waals surface area (Å²) in [7, 11) is 0. The van der Waals surface area contributed by atoms with Gasteiger partial charge in [0.15, 0.2) is 0 Å². The van der Waals surface area contributed by atoms with Gasteiger partial charge in [0, 0.05) is 12.7 Å². The minimum Gasteiger partial charge on any atom is -0.384 e. The predicted octanol–water partition coefficient (Wildman–Crippen LogP) is 2.44. The van der Waals surface area contributed by atoms with Crippen LogP contribution < -0.4 is 0 Å². The lowest BCUT2D eigenvalue weighted by molar-refractivity contribution is 0.0120. The van der Waals surface area contributed by atoms with Crippen molar-refractivity contribution in [2.45, 2.75) is 57.6 Å². The number of aryl methyl sites for hydroxylation is 1. The molecule has 0 saturated heterocycles. The molecular weight excluding hydrogens is 188 g/mol. The number of nitrogens with zero attached hydrogens (tertiary/aromatic N) is 2. The maximum atomic E-state index is 10.7. The summed E-state index contributed by atoms with van der Waals surface area (Å²) in [4.78, 5) is 0. The molecule has 0 bridgehead atoms. The molecule has 1 fully saturated rings. The minimum atomic E-state index is -0.622. The fourth-order valence-electron chi connectivity index (χ4n) is 2.55. The highest BCUT2D eigenvalue weighted by atomic mass is 16.3. The van der Waals surface area contributed by atoms with Crippen molar-refractivity contribution in [1.29, 1.82) is 0 Å². The van der Waals surface area contributed by atoms with E-state index in [0.29, 0.717) is 0 Å². The van der Waals surface area contributed by atoms with Gasteiger partial charge in [0.25, 0.3) is 0 Å². The lowest BCUT2D eigenvalue weighted by Crippen LogP contribution is -2.28. The Labute approximate surface area is 91.1 Å². The van der Waals surface area contributed by atoms with Crippen LogP contribution in [-0.2, 0) is 12.1 Å². The van der Waals surface area contributed by atoms with Gasteiger partial charge in [-0.3, -0.25) is 4.68 Å². The second-order valence-electron chi connectivity index (χ2n) is 4.48. The molecule has 0 aliphatic heterocycles. The SMILES string of the molecule is CCn1nccc1C1(O)CCCCCC1. The van der Waals surface area contributed by atoms with Crippen LogP contribution in [-0.4, -0.2) is 14.9 Å². The Morgan fingerprint density at radius 2 is 2.00 bits per heavy atom. The van der Waals surface area contributed by atoms with Gasteiger partial charge in [0.1, 0.15) is 5.60 Å². The van der Waals surface area contributed by atoms with Crippen LogP contribution in [0, 0.1) is 0 Å². The zero-order valence-electron chi connectivity index (χ0n) is 9.45. The molecule has 2 rings (SSSR count). The van der Waals surface area contributed by atoms with Crippen LogP contribution in [0.1, 0.15) is 51.1 Å². The first-order chi connectivity index (χ1) is 7.26. The molecule has 1 aliphatic rings. The standard InChI is InChI=1S/C12H20N2O/c1-2-14-11(7-10-13-14)12(15)8-5-3-4-6-9-12/h7,10,15H,2-6,8-9H2,1H3. The molecule has 0 spiro atoms. The molecule has 15 heavy (non-hydrogen) atoms. The van der Waals surface area contributed by atoms with Gasteiger partial charge in [0.05, 0.1) is 5.69 Å². The topological polar surface area (TPSA) is 38.0 Å². The van der Waals surface area contributed by atoms with Crippen LogP contribution >= 0.6 is 0 Å². The first-order valence-corrected chi connectivity index (χ1v) is 6.01. The van der Waals surface area contributed by atoms with E-state index < -0.39 is 5.60 Å². The molecule has 1 aromatic rings. The number of aromatic nitrogens is 2. The van der Waals surface area contributed by atoms with E-state index in [4.69, 9.17) is 0 Å². The van der Waals surface area contributed by atoms with Crippen molar-refractivity contribution in [3.05, 3.63) is 18.0 Å². The molecule has 3 nitrogen and oxygen atoms in total. The Bertz CT molecular complexity index is 311. The third-order valence-electron chi connectivity index (χ3n) is 3.42. The van der Waals surface area contributed by atoms with Gasteiger partial charge in [-0.1, -0.05) is 25.7 Å². The fourth-order valence-corrected chi connectivity index (χ4v) is 2.55. The molecule has 0 atom stereocenters. The molecule has 0 amide bonds. The van der Waals surface area contributed by atoms with Gasteiger partial charge in [-0.15, -0.1) is 0 Å². The van der Waals surface area contributed by atoms with Gasteiger partial charge >= 0.3 is 0 Å². The Balaban J connectivity index is 2.26. The zero-order chi connectivity index (χ0) is 10.7. The van der Waals surface area contributed by atoms with E-state index in [-0.39, 0.29) is 0 Å². The van der Waals surface area contributed by atoms with Gasteiger partial charge in [-0.25, -0.2) is 0 Å². The van der Waals surface area contributed by atoms with E-state index in [1.807, 2.05) is 10.7 Å². The summed E-state index contributed by atoms with van der Waals surface area (Å²) in [6.45, 7) is 2.90. The Morgan fingerprint density at radius 1 is 1.33 bits per heavy atom. The third-order valence-corrected chi connectivity index (χ3v) is 3.42. The van der Waals surface area contributed by atoms with E-state index in [1.165, 1.54) is 12.8 Å². The third kappa shape index (κ3) is 2.07. The number of hydrogen-bond donors (Lipinski definition) is 1. The highest BCUT2D eigenvalue weighted by Gasteiger charge is 2.32. The molecule has 3 heteroatoms. The van der Waals surface area contributed by atoms with Gasteiger partial charge in [0.2, 0.25) is 0 Å². The summed E-state index contributed by atoms with van der Waals surface area (Å²) in [5.74, 6) is 0. The number of rotatable bonds is 2. The van der Waals surface area contributed by atoms with Crippen LogP contribution in [0.3, 0.4) is 0 Å². The van der Waals surface area contributed by atoms with Crippen molar-refractivity contribution >= 4 is 0 Å². The summed E-state index contributed by atoms with van der Waals surface area (Å²) in [6, 6.07) is 1.97. The smallest absolute Gasteiger partial charge is 0.106 e. The van der Waals surface area contributed by atoms with E-state index in [2.05, 4.69) is 12.0 Å². The predicted molar refractivity (Wildman–Crippen MR) is 59.5 cm³/mol. The Kier molecular flexibility index (Phi) is 3.10. The minimum absolute atomic E-state index is 0.622. The monoisotopic (exact) mass is 208 g/mol. The summed E-state index contributed by atoms with van der Waals surface area (Å²) >= 11 is 0. The number of hydrogen-bond acceptors (Lipinski definition) is 2. The molecule has 1 saturated carbocycles. The molecule has 0 unspecified atom stereocenters. The maximum Gasteiger partial charge on any atom is 0.106 e. The highest BCUT2D eigenvalue weighted by Crippen LogP contribution is 2.35. The molecule has 0 aromatic carbocycles. The van der Waals surface area contributed by atoms with Crippen LogP contribution in [0.2, 0.25) is 0 Å². The van der Waals surface area contributed by atoms with E-state index in [9.17, 15) is 5.11 Å². The van der Waals surface area contributed by atoms with E-state index in [1.54, 1.807) is 6.20 Å². The van der Waals surface area contributed by atoms with Crippen LogP contribution in [0.25, 0.3) is 0 Å². The van der Waals surface area contributed by atoms with Crippen LogP contribution in [0.15, 0.2) is 12.3 Å². The second kappa shape index (κ2) is 4.35. The normalized spacial score (nSPS) is 21.2. The first-order valence-electron chi connectivity index (χ1n) is 6.01. The molecule has 1 N–H and O–H groups in total. The zero-order valence-corrected chi connectivity index (χ0v) is 9.45. The average molecular weight is 208 g/mol. The quantitative estimate of drug-likeness (QED) is 0.758. The largest absolute Gasteiger partial charge is 0.384 e. The van der Waals surface area contributed by atoms with Crippen molar-refractivity contribution in [2.24, 2.45) is 0 Å². The molecular formula is C12H20N2O. The molecule has 1 aromatic heterocycles. The van der Waals surface area contributed by atoms with Gasteiger partial charge < -0.3 is 5.11 Å². The Hall–Kier alpha value is -0.830. The molecule has 84 valence electrons. The molecule has 0 radical (unpaired) electrons.